The van der Waals surface area contributed by atoms with Crippen LogP contribution < -0.4 is 10.9 Å². The molecule has 0 spiro atoms. The zero-order valence-corrected chi connectivity index (χ0v) is 19.3. The van der Waals surface area contributed by atoms with Crippen molar-refractivity contribution in [2.75, 3.05) is 11.9 Å². The van der Waals surface area contributed by atoms with Crippen LogP contribution in [-0.2, 0) is 4.74 Å². The maximum absolute atomic E-state index is 14.1. The third kappa shape index (κ3) is 4.29. The first-order valence-corrected chi connectivity index (χ1v) is 11.2. The summed E-state index contributed by atoms with van der Waals surface area (Å²) >= 11 is 4.23. The molecule has 1 amide bonds. The number of halogens is 3. The summed E-state index contributed by atoms with van der Waals surface area (Å²) in [6, 6.07) is 9.64. The largest absolute Gasteiger partial charge is 0.461 e. The molecule has 1 N–H and O–H groups in total. The Morgan fingerprint density at radius 3 is 2.45 bits per heavy atom. The van der Waals surface area contributed by atoms with Crippen LogP contribution in [0.5, 0.6) is 0 Å². The van der Waals surface area contributed by atoms with E-state index >= 15 is 0 Å². The zero-order valence-electron chi connectivity index (χ0n) is 16.9. The van der Waals surface area contributed by atoms with Gasteiger partial charge in [-0.3, -0.25) is 9.59 Å². The number of rotatable bonds is 5. The summed E-state index contributed by atoms with van der Waals surface area (Å²) in [5.41, 5.74) is -1.19. The highest BCUT2D eigenvalue weighted by Crippen LogP contribution is 2.31. The number of nitrogens with zero attached hydrogens (tertiary/aromatic N) is 2. The number of hydrogen-bond donors (Lipinski definition) is 1. The fourth-order valence-corrected chi connectivity index (χ4v) is 4.33. The Morgan fingerprint density at radius 1 is 1.15 bits per heavy atom. The van der Waals surface area contributed by atoms with Crippen molar-refractivity contribution < 1.29 is 23.1 Å². The van der Waals surface area contributed by atoms with Gasteiger partial charge >= 0.3 is 5.97 Å². The number of benzene rings is 2. The molecule has 0 saturated carbocycles. The van der Waals surface area contributed by atoms with Crippen LogP contribution in [0.3, 0.4) is 0 Å². The number of ether oxygens (including phenoxy) is 1. The topological polar surface area (TPSA) is 90.3 Å². The van der Waals surface area contributed by atoms with Gasteiger partial charge in [-0.05, 0) is 43.3 Å². The number of thiophene rings is 1. The fraction of sp³-hybridized carbons (Fsp3) is 0.0909. The molecular formula is C22H14BrF2N3O4S. The Kier molecular flexibility index (Phi) is 6.34. The molecule has 2 aromatic carbocycles. The van der Waals surface area contributed by atoms with Crippen LogP contribution in [0.25, 0.3) is 16.5 Å². The van der Waals surface area contributed by atoms with Gasteiger partial charge in [0.25, 0.3) is 11.5 Å². The first kappa shape index (κ1) is 22.7. The van der Waals surface area contributed by atoms with E-state index in [-0.39, 0.29) is 28.1 Å². The maximum Gasteiger partial charge on any atom is 0.359 e. The number of esters is 1. The number of carbonyl (C=O) groups excluding carboxylic acids is 2. The van der Waals surface area contributed by atoms with Gasteiger partial charge < -0.3 is 10.1 Å². The zero-order chi connectivity index (χ0) is 23.7. The summed E-state index contributed by atoms with van der Waals surface area (Å²) in [5.74, 6) is -3.92. The number of amides is 1. The van der Waals surface area contributed by atoms with Crippen molar-refractivity contribution in [1.82, 2.24) is 9.78 Å². The van der Waals surface area contributed by atoms with Gasteiger partial charge in [0.2, 0.25) is 0 Å². The highest BCUT2D eigenvalue weighted by atomic mass is 79.9. The van der Waals surface area contributed by atoms with Gasteiger partial charge in [-0.2, -0.15) is 9.78 Å². The van der Waals surface area contributed by atoms with E-state index in [1.807, 2.05) is 0 Å². The smallest absolute Gasteiger partial charge is 0.359 e. The minimum atomic E-state index is -1.07. The average Bonchev–Trinajstić information content (AvgIpc) is 3.19. The summed E-state index contributed by atoms with van der Waals surface area (Å²) in [6.07, 6.45) is 0. The summed E-state index contributed by atoms with van der Waals surface area (Å²) in [6.45, 7) is 1.71. The molecule has 0 unspecified atom stereocenters. The van der Waals surface area contributed by atoms with Crippen LogP contribution in [0.15, 0.2) is 57.1 Å². The molecule has 0 atom stereocenters. The Morgan fingerprint density at radius 2 is 1.82 bits per heavy atom. The van der Waals surface area contributed by atoms with Crippen LogP contribution in [0.1, 0.15) is 27.8 Å². The minimum absolute atomic E-state index is 0.0152. The molecule has 0 saturated heterocycles. The third-order valence-electron chi connectivity index (χ3n) is 4.61. The second kappa shape index (κ2) is 9.20. The van der Waals surface area contributed by atoms with Crippen molar-refractivity contribution in [3.05, 3.63) is 85.6 Å². The second-order valence-electron chi connectivity index (χ2n) is 6.67. The maximum atomic E-state index is 14.1. The SMILES string of the molecule is CCOC(=O)c1nn(-c2ccc(Br)cc2)c(=O)c2c(NC(=O)c3c(F)cccc3F)scc12. The van der Waals surface area contributed by atoms with Crippen molar-refractivity contribution in [1.29, 1.82) is 0 Å². The number of aromatic nitrogens is 2. The van der Waals surface area contributed by atoms with Crippen molar-refractivity contribution >= 4 is 54.9 Å². The predicted molar refractivity (Wildman–Crippen MR) is 123 cm³/mol. The minimum Gasteiger partial charge on any atom is -0.461 e. The molecule has 2 heterocycles. The quantitative estimate of drug-likeness (QED) is 0.368. The van der Waals surface area contributed by atoms with Gasteiger partial charge in [-0.1, -0.05) is 22.0 Å². The number of nitrogens with one attached hydrogen (secondary N) is 1. The molecule has 0 bridgehead atoms. The first-order chi connectivity index (χ1) is 15.8. The molecule has 0 aliphatic carbocycles. The normalized spacial score (nSPS) is 10.9. The van der Waals surface area contributed by atoms with E-state index in [1.165, 1.54) is 5.38 Å². The summed E-state index contributed by atoms with van der Waals surface area (Å²) in [4.78, 5) is 38.5. The van der Waals surface area contributed by atoms with Gasteiger partial charge in [-0.25, -0.2) is 13.6 Å². The van der Waals surface area contributed by atoms with Crippen LogP contribution in [-0.4, -0.2) is 28.3 Å². The van der Waals surface area contributed by atoms with Crippen LogP contribution in [0.2, 0.25) is 0 Å². The number of fused-ring (bicyclic) bond motifs is 1. The lowest BCUT2D eigenvalue weighted by Gasteiger charge is -2.10. The molecule has 4 aromatic rings. The summed E-state index contributed by atoms with van der Waals surface area (Å²) in [5, 5.41) is 8.16. The molecule has 168 valence electrons. The van der Waals surface area contributed by atoms with Gasteiger partial charge in [0, 0.05) is 15.2 Å². The lowest BCUT2D eigenvalue weighted by molar-refractivity contribution is 0.0520. The highest BCUT2D eigenvalue weighted by Gasteiger charge is 2.25. The Balaban J connectivity index is 1.90. The standard InChI is InChI=1S/C22H14BrF2N3O4S/c1-2-32-22(31)18-13-10-33-20(26-19(29)17-14(24)4-3-5-15(17)25)16(13)21(30)28(27-18)12-8-6-11(23)7-9-12/h3-10H,2H2,1H3,(H,26,29). The van der Waals surface area contributed by atoms with Crippen LogP contribution >= 0.6 is 27.3 Å². The van der Waals surface area contributed by atoms with Crippen molar-refractivity contribution in [2.24, 2.45) is 0 Å². The lowest BCUT2D eigenvalue weighted by Crippen LogP contribution is -2.25. The number of hydrogen-bond acceptors (Lipinski definition) is 6. The van der Waals surface area contributed by atoms with Crippen LogP contribution in [0.4, 0.5) is 13.8 Å². The van der Waals surface area contributed by atoms with E-state index < -0.39 is 34.6 Å². The fourth-order valence-electron chi connectivity index (χ4n) is 3.13. The Labute approximate surface area is 197 Å². The molecule has 0 radical (unpaired) electrons. The molecular weight excluding hydrogens is 520 g/mol. The molecule has 11 heteroatoms. The molecule has 0 aliphatic heterocycles. The average molecular weight is 534 g/mol. The van der Waals surface area contributed by atoms with Gasteiger partial charge in [-0.15, -0.1) is 11.3 Å². The number of carbonyl (C=O) groups is 2. The van der Waals surface area contributed by atoms with Gasteiger partial charge in [0.15, 0.2) is 5.69 Å². The van der Waals surface area contributed by atoms with Crippen molar-refractivity contribution in [3.8, 4) is 5.69 Å². The molecule has 4 rings (SSSR count). The number of anilines is 1. The summed E-state index contributed by atoms with van der Waals surface area (Å²) < 4.78 is 35.0. The van der Waals surface area contributed by atoms with Gasteiger partial charge in [0.05, 0.1) is 17.7 Å². The Hall–Kier alpha value is -3.44. The van der Waals surface area contributed by atoms with E-state index in [0.29, 0.717) is 5.69 Å². The second-order valence-corrected chi connectivity index (χ2v) is 8.46. The first-order valence-electron chi connectivity index (χ1n) is 9.54. The molecule has 0 aliphatic rings. The third-order valence-corrected chi connectivity index (χ3v) is 6.03. The van der Waals surface area contributed by atoms with E-state index in [4.69, 9.17) is 4.74 Å². The molecule has 7 nitrogen and oxygen atoms in total. The van der Waals surface area contributed by atoms with Crippen molar-refractivity contribution in [2.45, 2.75) is 6.92 Å². The molecule has 2 aromatic heterocycles. The van der Waals surface area contributed by atoms with E-state index in [1.54, 1.807) is 31.2 Å². The highest BCUT2D eigenvalue weighted by molar-refractivity contribution is 9.10. The predicted octanol–water partition coefficient (Wildman–Crippen LogP) is 4.92. The summed E-state index contributed by atoms with van der Waals surface area (Å²) in [7, 11) is 0. The van der Waals surface area contributed by atoms with Gasteiger partial charge in [0.1, 0.15) is 22.2 Å². The molecule has 33 heavy (non-hydrogen) atoms. The van der Waals surface area contributed by atoms with E-state index in [2.05, 4.69) is 26.3 Å². The monoisotopic (exact) mass is 533 g/mol. The Bertz CT molecular complexity index is 1430. The van der Waals surface area contributed by atoms with Crippen LogP contribution in [0, 0.1) is 11.6 Å². The molecule has 0 fully saturated rings. The van der Waals surface area contributed by atoms with E-state index in [9.17, 15) is 23.2 Å². The van der Waals surface area contributed by atoms with E-state index in [0.717, 1.165) is 38.7 Å². The van der Waals surface area contributed by atoms with Crippen molar-refractivity contribution in [3.63, 3.8) is 0 Å². The lowest BCUT2D eigenvalue weighted by atomic mass is 10.1.